The van der Waals surface area contributed by atoms with Gasteiger partial charge in [0, 0.05) is 44.6 Å². The Balaban J connectivity index is 1.59. The van der Waals surface area contributed by atoms with Crippen LogP contribution in [0.2, 0.25) is 0 Å². The Hall–Kier alpha value is -2.37. The molecule has 1 atom stereocenters. The molecular weight excluding hydrogens is 318 g/mol. The number of carbonyl (C=O) groups is 3. The van der Waals surface area contributed by atoms with Gasteiger partial charge in [-0.2, -0.15) is 0 Å². The summed E-state index contributed by atoms with van der Waals surface area (Å²) < 4.78 is 0. The van der Waals surface area contributed by atoms with E-state index in [9.17, 15) is 14.4 Å². The van der Waals surface area contributed by atoms with Gasteiger partial charge in [0.2, 0.25) is 17.7 Å². The Kier molecular flexibility index (Phi) is 5.36. The molecule has 2 aliphatic rings. The third-order valence-electron chi connectivity index (χ3n) is 5.08. The van der Waals surface area contributed by atoms with Crippen LogP contribution in [0.3, 0.4) is 0 Å². The molecule has 3 rings (SSSR count). The maximum absolute atomic E-state index is 12.3. The molecule has 1 N–H and O–H groups in total. The lowest BCUT2D eigenvalue weighted by atomic mass is 9.89. The number of para-hydroxylation sites is 1. The van der Waals surface area contributed by atoms with Crippen LogP contribution in [0.1, 0.15) is 43.6 Å². The van der Waals surface area contributed by atoms with Crippen LogP contribution in [-0.2, 0) is 14.4 Å². The minimum absolute atomic E-state index is 0.0244. The summed E-state index contributed by atoms with van der Waals surface area (Å²) in [4.78, 5) is 39.8. The van der Waals surface area contributed by atoms with Gasteiger partial charge in [0.25, 0.3) is 0 Å². The summed E-state index contributed by atoms with van der Waals surface area (Å²) in [6.07, 6.45) is 3.82. The predicted octanol–water partition coefficient (Wildman–Crippen LogP) is 1.66. The highest BCUT2D eigenvalue weighted by molar-refractivity contribution is 5.96. The van der Waals surface area contributed by atoms with E-state index in [1.54, 1.807) is 16.8 Å². The van der Waals surface area contributed by atoms with E-state index in [0.29, 0.717) is 25.9 Å². The largest absolute Gasteiger partial charge is 0.354 e. The Morgan fingerprint density at radius 1 is 1.16 bits per heavy atom. The summed E-state index contributed by atoms with van der Waals surface area (Å²) in [6, 6.07) is 7.80. The number of rotatable bonds is 4. The smallest absolute Gasteiger partial charge is 0.239 e. The highest BCUT2D eigenvalue weighted by Gasteiger charge is 2.29. The van der Waals surface area contributed by atoms with Crippen molar-refractivity contribution in [3.8, 4) is 0 Å². The fourth-order valence-electron chi connectivity index (χ4n) is 3.58. The number of hydrogen-bond acceptors (Lipinski definition) is 3. The van der Waals surface area contributed by atoms with Crippen molar-refractivity contribution >= 4 is 23.4 Å². The molecule has 134 valence electrons. The van der Waals surface area contributed by atoms with Gasteiger partial charge < -0.3 is 15.1 Å². The van der Waals surface area contributed by atoms with Crippen LogP contribution in [0.5, 0.6) is 0 Å². The van der Waals surface area contributed by atoms with E-state index in [2.05, 4.69) is 5.32 Å². The van der Waals surface area contributed by atoms with Crippen molar-refractivity contribution < 1.29 is 14.4 Å². The third kappa shape index (κ3) is 4.00. The van der Waals surface area contributed by atoms with Gasteiger partial charge in [-0.3, -0.25) is 14.4 Å². The van der Waals surface area contributed by atoms with Gasteiger partial charge in [-0.05, 0) is 24.5 Å². The van der Waals surface area contributed by atoms with Gasteiger partial charge in [0.1, 0.15) is 0 Å². The number of nitrogens with zero attached hydrogens (tertiary/aromatic N) is 2. The van der Waals surface area contributed by atoms with Gasteiger partial charge in [-0.1, -0.05) is 24.6 Å². The topological polar surface area (TPSA) is 69.7 Å². The first kappa shape index (κ1) is 17.5. The number of nitrogens with one attached hydrogen (secondary N) is 1. The molecule has 1 aromatic rings. The molecule has 0 spiro atoms. The highest BCUT2D eigenvalue weighted by Crippen LogP contribution is 2.34. The first-order chi connectivity index (χ1) is 12.1. The van der Waals surface area contributed by atoms with E-state index in [0.717, 1.165) is 30.5 Å². The molecule has 0 bridgehead atoms. The summed E-state index contributed by atoms with van der Waals surface area (Å²) >= 11 is 0. The summed E-state index contributed by atoms with van der Waals surface area (Å²) in [6.45, 7) is 1.18. The molecule has 1 aromatic carbocycles. The van der Waals surface area contributed by atoms with E-state index < -0.39 is 0 Å². The zero-order chi connectivity index (χ0) is 17.8. The molecular formula is C19H25N3O3. The van der Waals surface area contributed by atoms with Gasteiger partial charge in [0.05, 0.1) is 6.54 Å². The van der Waals surface area contributed by atoms with Crippen LogP contribution >= 0.6 is 0 Å². The van der Waals surface area contributed by atoms with Crippen molar-refractivity contribution in [3.05, 3.63) is 29.8 Å². The number of carbonyl (C=O) groups excluding carboxylic acids is 3. The van der Waals surface area contributed by atoms with Gasteiger partial charge in [-0.15, -0.1) is 0 Å². The summed E-state index contributed by atoms with van der Waals surface area (Å²) in [5, 5.41) is 2.91. The van der Waals surface area contributed by atoms with Crippen LogP contribution < -0.4 is 10.2 Å². The first-order valence-electron chi connectivity index (χ1n) is 8.96. The molecule has 0 aliphatic carbocycles. The maximum atomic E-state index is 12.3. The Labute approximate surface area is 148 Å². The molecule has 2 heterocycles. The van der Waals surface area contributed by atoms with Crippen molar-refractivity contribution in [3.63, 3.8) is 0 Å². The van der Waals surface area contributed by atoms with Gasteiger partial charge >= 0.3 is 0 Å². The zero-order valence-electron chi connectivity index (χ0n) is 14.7. The Bertz CT molecular complexity index is 674. The third-order valence-corrected chi connectivity index (χ3v) is 5.08. The van der Waals surface area contributed by atoms with E-state index in [4.69, 9.17) is 0 Å². The molecule has 0 saturated carbocycles. The predicted molar refractivity (Wildman–Crippen MR) is 95.3 cm³/mol. The first-order valence-corrected chi connectivity index (χ1v) is 8.96. The van der Waals surface area contributed by atoms with E-state index in [1.165, 1.54) is 0 Å². The minimum Gasteiger partial charge on any atom is -0.354 e. The van der Waals surface area contributed by atoms with Gasteiger partial charge in [0.15, 0.2) is 0 Å². The molecule has 6 nitrogen and oxygen atoms in total. The molecule has 2 aliphatic heterocycles. The monoisotopic (exact) mass is 343 g/mol. The van der Waals surface area contributed by atoms with Gasteiger partial charge in [-0.25, -0.2) is 0 Å². The maximum Gasteiger partial charge on any atom is 0.239 e. The summed E-state index contributed by atoms with van der Waals surface area (Å²) in [5.41, 5.74) is 1.98. The van der Waals surface area contributed by atoms with Crippen LogP contribution in [0.4, 0.5) is 5.69 Å². The molecule has 0 radical (unpaired) electrons. The zero-order valence-corrected chi connectivity index (χ0v) is 14.7. The molecule has 3 amide bonds. The van der Waals surface area contributed by atoms with Crippen molar-refractivity contribution in [2.24, 2.45) is 0 Å². The second-order valence-electron chi connectivity index (χ2n) is 6.84. The quantitative estimate of drug-likeness (QED) is 0.904. The fourth-order valence-corrected chi connectivity index (χ4v) is 3.58. The molecule has 1 unspecified atom stereocenters. The van der Waals surface area contributed by atoms with Crippen molar-refractivity contribution in [2.75, 3.05) is 31.6 Å². The molecule has 1 fully saturated rings. The number of amides is 3. The van der Waals surface area contributed by atoms with Crippen LogP contribution in [0, 0.1) is 0 Å². The second kappa shape index (κ2) is 7.68. The van der Waals surface area contributed by atoms with Crippen molar-refractivity contribution in [1.29, 1.82) is 0 Å². The lowest BCUT2D eigenvalue weighted by molar-refractivity contribution is -0.135. The molecule has 6 heteroatoms. The minimum atomic E-state index is -0.154. The average Bonchev–Trinajstić information content (AvgIpc) is 2.81. The normalized spacial score (nSPS) is 20.9. The number of fused-ring (bicyclic) bond motifs is 1. The lowest BCUT2D eigenvalue weighted by Gasteiger charge is -2.31. The highest BCUT2D eigenvalue weighted by atomic mass is 16.2. The number of likely N-dealkylation sites (tertiary alicyclic amines) is 1. The number of benzene rings is 1. The lowest BCUT2D eigenvalue weighted by Crippen LogP contribution is -2.43. The average molecular weight is 343 g/mol. The molecule has 1 saturated heterocycles. The Morgan fingerprint density at radius 2 is 1.96 bits per heavy atom. The number of anilines is 1. The van der Waals surface area contributed by atoms with Crippen molar-refractivity contribution in [2.45, 2.75) is 38.0 Å². The van der Waals surface area contributed by atoms with Crippen LogP contribution in [0.15, 0.2) is 24.3 Å². The van der Waals surface area contributed by atoms with Crippen molar-refractivity contribution in [1.82, 2.24) is 10.2 Å². The van der Waals surface area contributed by atoms with Crippen LogP contribution in [0.25, 0.3) is 0 Å². The van der Waals surface area contributed by atoms with Crippen LogP contribution in [-0.4, -0.2) is 49.3 Å². The summed E-state index contributed by atoms with van der Waals surface area (Å²) in [7, 11) is 1.78. The SMILES string of the molecule is CN1C(=O)CC(CNC(=O)CN2CCCCCC2=O)c2ccccc21. The fraction of sp³-hybridized carbons (Fsp3) is 0.526. The second-order valence-corrected chi connectivity index (χ2v) is 6.84. The Morgan fingerprint density at radius 3 is 2.80 bits per heavy atom. The van der Waals surface area contributed by atoms with E-state index >= 15 is 0 Å². The standard InChI is InChI=1S/C19H25N3O3/c1-21-16-8-5-4-7-15(16)14(11-19(21)25)12-20-17(23)13-22-10-6-2-3-9-18(22)24/h4-5,7-8,14H,2-3,6,9-13H2,1H3,(H,20,23). The molecule has 25 heavy (non-hydrogen) atoms. The number of hydrogen-bond donors (Lipinski definition) is 1. The van der Waals surface area contributed by atoms with E-state index in [-0.39, 0.29) is 30.2 Å². The molecule has 0 aromatic heterocycles. The summed E-state index contributed by atoms with van der Waals surface area (Å²) in [5.74, 6) is -0.0593. The van der Waals surface area contributed by atoms with E-state index in [1.807, 2.05) is 24.3 Å².